The first kappa shape index (κ1) is 14.5. The van der Waals surface area contributed by atoms with E-state index in [-0.39, 0.29) is 22.5 Å². The van der Waals surface area contributed by atoms with E-state index in [1.165, 1.54) is 0 Å². The van der Waals surface area contributed by atoms with Gasteiger partial charge in [-0.05, 0) is 44.1 Å². The highest BCUT2D eigenvalue weighted by molar-refractivity contribution is 5.72. The molecule has 0 aliphatic heterocycles. The maximum atomic E-state index is 11.7. The van der Waals surface area contributed by atoms with Crippen LogP contribution in [-0.4, -0.2) is 17.5 Å². The maximum absolute atomic E-state index is 11.7. The van der Waals surface area contributed by atoms with Gasteiger partial charge in [0.2, 0.25) is 0 Å². The van der Waals surface area contributed by atoms with Crippen molar-refractivity contribution in [3.63, 3.8) is 0 Å². The minimum absolute atomic E-state index is 0.0178. The van der Waals surface area contributed by atoms with Crippen LogP contribution in [0.5, 0.6) is 0 Å². The summed E-state index contributed by atoms with van der Waals surface area (Å²) >= 11 is 0. The molecule has 0 N–H and O–H groups in total. The number of ether oxygens (including phenoxy) is 1. The fraction of sp³-hybridized carbons (Fsp3) is 0.533. The minimum Gasteiger partial charge on any atom is -0.466 e. The van der Waals surface area contributed by atoms with Crippen molar-refractivity contribution in [2.45, 2.75) is 38.5 Å². The molecule has 5 nitrogen and oxygen atoms in total. The molecule has 1 aromatic carbocycles. The lowest BCUT2D eigenvalue weighted by atomic mass is 9.79. The molecule has 0 aromatic heterocycles. The standard InChI is InChI=1S/C15H19NO4/c1-2-20-15(17)13-5-3-11(4-6-13)12-7-9-14(10-8-12)16(18)19/h7-11,13H,2-6H2,1H3. The van der Waals surface area contributed by atoms with Crippen LogP contribution in [0.2, 0.25) is 0 Å². The van der Waals surface area contributed by atoms with Gasteiger partial charge in [0.1, 0.15) is 0 Å². The molecule has 108 valence electrons. The number of nitro benzene ring substituents is 1. The van der Waals surface area contributed by atoms with Crippen LogP contribution in [0.4, 0.5) is 5.69 Å². The Morgan fingerprint density at radius 3 is 2.35 bits per heavy atom. The number of carbonyl (C=O) groups is 1. The van der Waals surface area contributed by atoms with Crippen molar-refractivity contribution in [2.24, 2.45) is 5.92 Å². The van der Waals surface area contributed by atoms with Crippen LogP contribution in [0.1, 0.15) is 44.1 Å². The van der Waals surface area contributed by atoms with Crippen molar-refractivity contribution in [2.75, 3.05) is 6.61 Å². The van der Waals surface area contributed by atoms with Gasteiger partial charge in [-0.1, -0.05) is 12.1 Å². The average Bonchev–Trinajstić information content (AvgIpc) is 2.48. The molecular formula is C15H19NO4. The number of nitro groups is 1. The number of hydrogen-bond acceptors (Lipinski definition) is 4. The Labute approximate surface area is 118 Å². The van der Waals surface area contributed by atoms with Crippen LogP contribution in [0.3, 0.4) is 0 Å². The zero-order chi connectivity index (χ0) is 14.5. The van der Waals surface area contributed by atoms with Gasteiger partial charge in [-0.25, -0.2) is 0 Å². The number of rotatable bonds is 4. The molecule has 0 heterocycles. The van der Waals surface area contributed by atoms with Crippen LogP contribution in [-0.2, 0) is 9.53 Å². The molecule has 0 atom stereocenters. The van der Waals surface area contributed by atoms with Gasteiger partial charge < -0.3 is 4.74 Å². The van der Waals surface area contributed by atoms with E-state index in [9.17, 15) is 14.9 Å². The van der Waals surface area contributed by atoms with E-state index in [0.717, 1.165) is 31.2 Å². The summed E-state index contributed by atoms with van der Waals surface area (Å²) in [5.41, 5.74) is 1.24. The fourth-order valence-electron chi connectivity index (χ4n) is 2.79. The zero-order valence-electron chi connectivity index (χ0n) is 11.6. The van der Waals surface area contributed by atoms with E-state index in [2.05, 4.69) is 0 Å². The van der Waals surface area contributed by atoms with Crippen molar-refractivity contribution in [1.29, 1.82) is 0 Å². The normalized spacial score (nSPS) is 22.2. The quantitative estimate of drug-likeness (QED) is 0.480. The molecule has 0 amide bonds. The molecule has 1 aliphatic carbocycles. The minimum atomic E-state index is -0.387. The molecule has 1 aliphatic rings. The number of benzene rings is 1. The predicted octanol–water partition coefficient (Wildman–Crippen LogP) is 3.43. The number of nitrogens with zero attached hydrogens (tertiary/aromatic N) is 1. The molecular weight excluding hydrogens is 258 g/mol. The summed E-state index contributed by atoms with van der Waals surface area (Å²) in [5.74, 6) is 0.320. The van der Waals surface area contributed by atoms with Crippen LogP contribution < -0.4 is 0 Å². The Morgan fingerprint density at radius 2 is 1.85 bits per heavy atom. The third-order valence-corrected chi connectivity index (χ3v) is 3.92. The van der Waals surface area contributed by atoms with Crippen LogP contribution in [0, 0.1) is 16.0 Å². The Hall–Kier alpha value is -1.91. The van der Waals surface area contributed by atoms with Gasteiger partial charge in [0.15, 0.2) is 0 Å². The smallest absolute Gasteiger partial charge is 0.308 e. The fourth-order valence-corrected chi connectivity index (χ4v) is 2.79. The predicted molar refractivity (Wildman–Crippen MR) is 74.4 cm³/mol. The highest BCUT2D eigenvalue weighted by Gasteiger charge is 2.28. The van der Waals surface area contributed by atoms with Gasteiger partial charge in [-0.2, -0.15) is 0 Å². The number of esters is 1. The van der Waals surface area contributed by atoms with Crippen LogP contribution in [0.25, 0.3) is 0 Å². The van der Waals surface area contributed by atoms with E-state index < -0.39 is 0 Å². The summed E-state index contributed by atoms with van der Waals surface area (Å²) in [6, 6.07) is 6.75. The molecule has 20 heavy (non-hydrogen) atoms. The van der Waals surface area contributed by atoms with Gasteiger partial charge in [-0.3, -0.25) is 14.9 Å². The third kappa shape index (κ3) is 3.35. The highest BCUT2D eigenvalue weighted by Crippen LogP contribution is 2.36. The first-order valence-electron chi connectivity index (χ1n) is 7.02. The van der Waals surface area contributed by atoms with Gasteiger partial charge >= 0.3 is 5.97 Å². The lowest BCUT2D eigenvalue weighted by molar-refractivity contribution is -0.384. The molecule has 5 heteroatoms. The van der Waals surface area contributed by atoms with E-state index >= 15 is 0 Å². The van der Waals surface area contributed by atoms with E-state index in [1.807, 2.05) is 19.1 Å². The topological polar surface area (TPSA) is 69.4 Å². The van der Waals surface area contributed by atoms with E-state index in [4.69, 9.17) is 4.74 Å². The van der Waals surface area contributed by atoms with Gasteiger partial charge in [0.25, 0.3) is 5.69 Å². The monoisotopic (exact) mass is 277 g/mol. The SMILES string of the molecule is CCOC(=O)C1CCC(c2ccc([N+](=O)[O-])cc2)CC1. The highest BCUT2D eigenvalue weighted by atomic mass is 16.6. The van der Waals surface area contributed by atoms with Crippen LogP contribution in [0.15, 0.2) is 24.3 Å². The molecule has 0 spiro atoms. The largest absolute Gasteiger partial charge is 0.466 e. The number of non-ortho nitro benzene ring substituents is 1. The number of hydrogen-bond donors (Lipinski definition) is 0. The Morgan fingerprint density at radius 1 is 1.25 bits per heavy atom. The number of carbonyl (C=O) groups excluding carboxylic acids is 1. The second-order valence-electron chi connectivity index (χ2n) is 5.15. The van der Waals surface area contributed by atoms with Crippen molar-refractivity contribution < 1.29 is 14.5 Å². The summed E-state index contributed by atoms with van der Waals surface area (Å²) in [7, 11) is 0. The summed E-state index contributed by atoms with van der Waals surface area (Å²) < 4.78 is 5.05. The lowest BCUT2D eigenvalue weighted by Gasteiger charge is -2.27. The van der Waals surface area contributed by atoms with Crippen molar-refractivity contribution in [3.05, 3.63) is 39.9 Å². The summed E-state index contributed by atoms with van der Waals surface area (Å²) in [6.45, 7) is 2.25. The zero-order valence-corrected chi connectivity index (χ0v) is 11.6. The summed E-state index contributed by atoms with van der Waals surface area (Å²) in [5, 5.41) is 10.6. The van der Waals surface area contributed by atoms with E-state index in [1.54, 1.807) is 12.1 Å². The molecule has 1 aromatic rings. The summed E-state index contributed by atoms with van der Waals surface area (Å²) in [6.07, 6.45) is 3.53. The molecule has 1 fully saturated rings. The lowest BCUT2D eigenvalue weighted by Crippen LogP contribution is -2.23. The van der Waals surface area contributed by atoms with Crippen molar-refractivity contribution in [3.8, 4) is 0 Å². The second kappa shape index (κ2) is 6.50. The van der Waals surface area contributed by atoms with Crippen molar-refractivity contribution in [1.82, 2.24) is 0 Å². The Bertz CT molecular complexity index is 475. The van der Waals surface area contributed by atoms with Gasteiger partial charge in [0, 0.05) is 12.1 Å². The average molecular weight is 277 g/mol. The Balaban J connectivity index is 1.93. The molecule has 0 saturated heterocycles. The second-order valence-corrected chi connectivity index (χ2v) is 5.15. The van der Waals surface area contributed by atoms with Crippen molar-refractivity contribution >= 4 is 11.7 Å². The Kier molecular flexibility index (Phi) is 4.71. The first-order valence-corrected chi connectivity index (χ1v) is 7.02. The summed E-state index contributed by atoms with van der Waals surface area (Å²) in [4.78, 5) is 21.9. The van der Waals surface area contributed by atoms with Gasteiger partial charge in [0.05, 0.1) is 17.4 Å². The maximum Gasteiger partial charge on any atom is 0.308 e. The van der Waals surface area contributed by atoms with Gasteiger partial charge in [-0.15, -0.1) is 0 Å². The van der Waals surface area contributed by atoms with E-state index in [0.29, 0.717) is 12.5 Å². The third-order valence-electron chi connectivity index (χ3n) is 3.92. The molecule has 0 unspecified atom stereocenters. The molecule has 1 saturated carbocycles. The molecule has 0 bridgehead atoms. The molecule has 0 radical (unpaired) electrons. The van der Waals surface area contributed by atoms with Crippen LogP contribution >= 0.6 is 0 Å². The molecule has 2 rings (SSSR count). The first-order chi connectivity index (χ1) is 9.61.